The van der Waals surface area contributed by atoms with Gasteiger partial charge in [-0.05, 0) is 7.05 Å². The molecule has 2 N–H and O–H groups in total. The number of hydrogen-bond donors (Lipinski definition) is 2. The molecule has 2 aromatic heterocycles. The highest BCUT2D eigenvalue weighted by molar-refractivity contribution is 5.29. The Morgan fingerprint density at radius 3 is 3.00 bits per heavy atom. The van der Waals surface area contributed by atoms with Gasteiger partial charge in [0.25, 0.3) is 5.78 Å². The van der Waals surface area contributed by atoms with Crippen molar-refractivity contribution >= 4 is 5.78 Å². The molecule has 0 unspecified atom stereocenters. The third-order valence-electron chi connectivity index (χ3n) is 1.91. The van der Waals surface area contributed by atoms with Crippen LogP contribution in [0.1, 0.15) is 18.4 Å². The van der Waals surface area contributed by atoms with Gasteiger partial charge in [-0.15, -0.1) is 0 Å². The van der Waals surface area contributed by atoms with E-state index in [0.29, 0.717) is 0 Å². The van der Waals surface area contributed by atoms with Gasteiger partial charge < -0.3 is 5.32 Å². The Morgan fingerprint density at radius 2 is 2.38 bits per heavy atom. The van der Waals surface area contributed by atoms with Crippen LogP contribution in [0, 0.1) is 0 Å². The van der Waals surface area contributed by atoms with Gasteiger partial charge in [-0.2, -0.15) is 4.98 Å². The molecule has 70 valence electrons. The van der Waals surface area contributed by atoms with E-state index < -0.39 is 0 Å². The Morgan fingerprint density at radius 1 is 1.54 bits per heavy atom. The maximum atomic E-state index is 4.33. The zero-order chi connectivity index (χ0) is 9.26. The van der Waals surface area contributed by atoms with E-state index >= 15 is 0 Å². The van der Waals surface area contributed by atoms with Crippen molar-refractivity contribution in [1.82, 2.24) is 24.9 Å². The first-order chi connectivity index (χ1) is 6.33. The first kappa shape index (κ1) is 8.25. The van der Waals surface area contributed by atoms with Crippen LogP contribution in [0.25, 0.3) is 5.78 Å². The van der Waals surface area contributed by atoms with Crippen LogP contribution in [0.5, 0.6) is 0 Å². The van der Waals surface area contributed by atoms with Crippen LogP contribution < -0.4 is 5.32 Å². The van der Waals surface area contributed by atoms with E-state index in [9.17, 15) is 0 Å². The second-order valence-corrected chi connectivity index (χ2v) is 2.96. The van der Waals surface area contributed by atoms with E-state index in [1.807, 2.05) is 17.8 Å². The van der Waals surface area contributed by atoms with E-state index in [1.54, 1.807) is 0 Å². The van der Waals surface area contributed by atoms with Crippen molar-refractivity contribution in [2.45, 2.75) is 19.9 Å². The fourth-order valence-electron chi connectivity index (χ4n) is 1.29. The molecule has 0 spiro atoms. The molecule has 5 nitrogen and oxygen atoms in total. The van der Waals surface area contributed by atoms with Crippen LogP contribution >= 0.6 is 0 Å². The van der Waals surface area contributed by atoms with Gasteiger partial charge in [0.2, 0.25) is 0 Å². The zero-order valence-corrected chi connectivity index (χ0v) is 7.83. The molecule has 0 aromatic carbocycles. The monoisotopic (exact) mass is 179 g/mol. The molecule has 2 heterocycles. The summed E-state index contributed by atoms with van der Waals surface area (Å²) in [6.45, 7) is 2.84. The number of aromatic amines is 1. The molecule has 0 aliphatic heterocycles. The first-order valence-corrected chi connectivity index (χ1v) is 4.41. The third kappa shape index (κ3) is 1.42. The van der Waals surface area contributed by atoms with Crippen LogP contribution in [-0.2, 0) is 13.0 Å². The summed E-state index contributed by atoms with van der Waals surface area (Å²) in [7, 11) is 1.90. The number of imidazole rings is 1. The summed E-state index contributed by atoms with van der Waals surface area (Å²) in [5.41, 5.74) is 1.00. The molecule has 2 rings (SSSR count). The minimum absolute atomic E-state index is 0.752. The van der Waals surface area contributed by atoms with Gasteiger partial charge >= 0.3 is 0 Å². The Kier molecular flexibility index (Phi) is 2.02. The Labute approximate surface area is 76.2 Å². The van der Waals surface area contributed by atoms with Gasteiger partial charge in [0.1, 0.15) is 5.82 Å². The number of nitrogens with zero attached hydrogens (tertiary/aromatic N) is 3. The van der Waals surface area contributed by atoms with Gasteiger partial charge in [-0.3, -0.25) is 5.10 Å². The molecule has 0 saturated carbocycles. The predicted molar refractivity (Wildman–Crippen MR) is 49.5 cm³/mol. The van der Waals surface area contributed by atoms with Crippen molar-refractivity contribution < 1.29 is 0 Å². The lowest BCUT2D eigenvalue weighted by Gasteiger charge is -1.90. The molecule has 0 aliphatic carbocycles. The number of H-pyrrole nitrogens is 1. The second kappa shape index (κ2) is 3.18. The second-order valence-electron chi connectivity index (χ2n) is 2.96. The van der Waals surface area contributed by atoms with Crippen molar-refractivity contribution in [1.29, 1.82) is 0 Å². The summed E-state index contributed by atoms with van der Waals surface area (Å²) in [5.74, 6) is 1.72. The zero-order valence-electron chi connectivity index (χ0n) is 7.83. The largest absolute Gasteiger partial charge is 0.314 e. The number of aromatic nitrogens is 4. The molecule has 13 heavy (non-hydrogen) atoms. The van der Waals surface area contributed by atoms with E-state index in [1.165, 1.54) is 0 Å². The minimum Gasteiger partial charge on any atom is -0.314 e. The molecule has 0 aliphatic rings. The predicted octanol–water partition coefficient (Wildman–Crippen LogP) is 0.339. The normalized spacial score (nSPS) is 11.2. The fraction of sp³-hybridized carbons (Fsp3) is 0.500. The summed E-state index contributed by atoms with van der Waals surface area (Å²) in [6, 6.07) is 0. The van der Waals surface area contributed by atoms with Gasteiger partial charge in [0.05, 0.1) is 11.9 Å². The average Bonchev–Trinajstić information content (AvgIpc) is 2.61. The van der Waals surface area contributed by atoms with E-state index in [4.69, 9.17) is 0 Å². The number of aryl methyl sites for hydroxylation is 1. The standard InChI is InChI=1S/C8H13N5/c1-3-7-11-8-10-6(4-9-2)5-13(8)12-7/h5,9H,3-4H2,1-2H3,(H,10,11,12). The quantitative estimate of drug-likeness (QED) is 0.714. The molecule has 0 atom stereocenters. The number of rotatable bonds is 3. The fourth-order valence-corrected chi connectivity index (χ4v) is 1.29. The molecule has 0 radical (unpaired) electrons. The van der Waals surface area contributed by atoms with Gasteiger partial charge in [0.15, 0.2) is 0 Å². The minimum atomic E-state index is 0.752. The van der Waals surface area contributed by atoms with Crippen molar-refractivity contribution in [2.24, 2.45) is 0 Å². The van der Waals surface area contributed by atoms with E-state index in [-0.39, 0.29) is 0 Å². The number of hydrogen-bond acceptors (Lipinski definition) is 3. The molecule has 2 aromatic rings. The lowest BCUT2D eigenvalue weighted by atomic mass is 10.5. The Balaban J connectivity index is 2.36. The van der Waals surface area contributed by atoms with Crippen molar-refractivity contribution in [3.63, 3.8) is 0 Å². The van der Waals surface area contributed by atoms with Crippen LogP contribution in [0.2, 0.25) is 0 Å². The van der Waals surface area contributed by atoms with Crippen LogP contribution in [-0.4, -0.2) is 26.6 Å². The Hall–Kier alpha value is -1.36. The average molecular weight is 179 g/mol. The Bertz CT molecular complexity index is 368. The lowest BCUT2D eigenvalue weighted by Crippen LogP contribution is -2.05. The highest BCUT2D eigenvalue weighted by Gasteiger charge is 2.04. The summed E-state index contributed by atoms with van der Waals surface area (Å²) in [6.07, 6.45) is 2.86. The van der Waals surface area contributed by atoms with Gasteiger partial charge in [0, 0.05) is 13.0 Å². The summed E-state index contributed by atoms with van der Waals surface area (Å²) in [4.78, 5) is 8.63. The third-order valence-corrected chi connectivity index (χ3v) is 1.91. The van der Waals surface area contributed by atoms with Crippen LogP contribution in [0.15, 0.2) is 6.20 Å². The number of fused-ring (bicyclic) bond motifs is 1. The SMILES string of the molecule is CCc1nc2nc(CNC)cn2[nH]1. The molecular weight excluding hydrogens is 166 g/mol. The van der Waals surface area contributed by atoms with Crippen LogP contribution in [0.4, 0.5) is 0 Å². The summed E-state index contributed by atoms with van der Waals surface area (Å²) < 4.78 is 1.85. The maximum Gasteiger partial charge on any atom is 0.250 e. The summed E-state index contributed by atoms with van der Waals surface area (Å²) >= 11 is 0. The molecular formula is C8H13N5. The molecule has 0 saturated heterocycles. The topological polar surface area (TPSA) is 58.0 Å². The first-order valence-electron chi connectivity index (χ1n) is 4.41. The maximum absolute atomic E-state index is 4.33. The smallest absolute Gasteiger partial charge is 0.250 e. The number of nitrogens with one attached hydrogen (secondary N) is 2. The van der Waals surface area contributed by atoms with Crippen molar-refractivity contribution in [3.05, 3.63) is 17.7 Å². The highest BCUT2D eigenvalue weighted by Crippen LogP contribution is 2.02. The van der Waals surface area contributed by atoms with Crippen molar-refractivity contribution in [2.75, 3.05) is 7.05 Å². The lowest BCUT2D eigenvalue weighted by molar-refractivity contribution is 0.792. The summed E-state index contributed by atoms with van der Waals surface area (Å²) in [5, 5.41) is 6.19. The molecule has 0 bridgehead atoms. The molecule has 0 amide bonds. The van der Waals surface area contributed by atoms with Crippen LogP contribution in [0.3, 0.4) is 0 Å². The van der Waals surface area contributed by atoms with Gasteiger partial charge in [-0.25, -0.2) is 9.50 Å². The van der Waals surface area contributed by atoms with Crippen molar-refractivity contribution in [3.8, 4) is 0 Å². The van der Waals surface area contributed by atoms with E-state index in [0.717, 1.165) is 30.3 Å². The van der Waals surface area contributed by atoms with E-state index in [2.05, 4.69) is 27.3 Å². The molecule has 0 fully saturated rings. The highest BCUT2D eigenvalue weighted by atomic mass is 15.3. The van der Waals surface area contributed by atoms with Gasteiger partial charge in [-0.1, -0.05) is 6.92 Å². The molecule has 5 heteroatoms.